The van der Waals surface area contributed by atoms with Gasteiger partial charge in [-0.1, -0.05) is 11.2 Å². The van der Waals surface area contributed by atoms with Gasteiger partial charge in [0.2, 0.25) is 11.7 Å². The summed E-state index contributed by atoms with van der Waals surface area (Å²) in [6.07, 6.45) is 0. The maximum Gasteiger partial charge on any atom is 0.293 e. The number of hydrogen-bond donors (Lipinski definition) is 0. The largest absolute Gasteiger partial charge is 0.363 e. The smallest absolute Gasteiger partial charge is 0.293 e. The number of anilines is 1. The summed E-state index contributed by atoms with van der Waals surface area (Å²) in [6.45, 7) is 6.06. The van der Waals surface area contributed by atoms with Crippen LogP contribution in [0.15, 0.2) is 40.2 Å². The third-order valence-electron chi connectivity index (χ3n) is 5.32. The molecule has 1 unspecified atom stereocenters. The first-order valence-electron chi connectivity index (χ1n) is 9.60. The highest BCUT2D eigenvalue weighted by molar-refractivity contribution is 7.13. The van der Waals surface area contributed by atoms with Crippen LogP contribution in [0.3, 0.4) is 0 Å². The van der Waals surface area contributed by atoms with Crippen LogP contribution in [0.2, 0.25) is 0 Å². The summed E-state index contributed by atoms with van der Waals surface area (Å²) >= 11 is 1.56. The maximum atomic E-state index is 11.6. The van der Waals surface area contributed by atoms with Gasteiger partial charge in [0.25, 0.3) is 5.69 Å². The Morgan fingerprint density at radius 2 is 2.03 bits per heavy atom. The topological polar surface area (TPSA) is 106 Å². The highest BCUT2D eigenvalue weighted by atomic mass is 32.1. The van der Waals surface area contributed by atoms with E-state index >= 15 is 0 Å². The molecule has 1 aliphatic rings. The molecule has 1 atom stereocenters. The fraction of sp³-hybridized carbons (Fsp3) is 0.350. The summed E-state index contributed by atoms with van der Waals surface area (Å²) in [6, 6.07) is 8.51. The molecule has 1 aromatic carbocycles. The van der Waals surface area contributed by atoms with Gasteiger partial charge in [-0.05, 0) is 37.4 Å². The van der Waals surface area contributed by atoms with Crippen LogP contribution in [0, 0.1) is 10.1 Å². The number of benzene rings is 1. The molecule has 0 amide bonds. The van der Waals surface area contributed by atoms with E-state index < -0.39 is 4.92 Å². The molecule has 3 heterocycles. The minimum absolute atomic E-state index is 0.0401. The second-order valence-corrected chi connectivity index (χ2v) is 8.10. The van der Waals surface area contributed by atoms with E-state index in [2.05, 4.69) is 15.0 Å². The first kappa shape index (κ1) is 20.2. The van der Waals surface area contributed by atoms with Gasteiger partial charge in [-0.15, -0.1) is 11.3 Å². The number of nitrogens with zero attached hydrogens (tertiary/aromatic N) is 5. The van der Waals surface area contributed by atoms with Crippen molar-refractivity contribution in [3.63, 3.8) is 0 Å². The fourth-order valence-electron chi connectivity index (χ4n) is 3.57. The van der Waals surface area contributed by atoms with Gasteiger partial charge < -0.3 is 9.42 Å². The Balaban J connectivity index is 1.45. The number of piperazine rings is 1. The lowest BCUT2D eigenvalue weighted by Gasteiger charge is -2.37. The standard InChI is InChI=1S/C20H21N5O4S/c1-13(20-21-19(22-29-20)18-4-3-11-30-18)23-7-9-24(10-8-23)16-6-5-15(14(2)26)12-17(16)25(27)28/h3-6,11-13H,7-10H2,1-2H3. The Kier molecular flexibility index (Phi) is 5.60. The first-order valence-corrected chi connectivity index (χ1v) is 10.5. The van der Waals surface area contributed by atoms with Crippen molar-refractivity contribution in [1.29, 1.82) is 0 Å². The molecule has 30 heavy (non-hydrogen) atoms. The second-order valence-electron chi connectivity index (χ2n) is 7.15. The Hall–Kier alpha value is -3.11. The molecule has 0 N–H and O–H groups in total. The van der Waals surface area contributed by atoms with E-state index in [1.165, 1.54) is 13.0 Å². The van der Waals surface area contributed by atoms with Gasteiger partial charge in [-0.3, -0.25) is 19.8 Å². The van der Waals surface area contributed by atoms with Gasteiger partial charge >= 0.3 is 0 Å². The Morgan fingerprint density at radius 1 is 1.27 bits per heavy atom. The molecule has 156 valence electrons. The molecule has 0 saturated carbocycles. The van der Waals surface area contributed by atoms with Gasteiger partial charge in [-0.25, -0.2) is 0 Å². The maximum absolute atomic E-state index is 11.6. The van der Waals surface area contributed by atoms with Crippen LogP contribution >= 0.6 is 11.3 Å². The number of Topliss-reactive ketones (excluding diaryl/α,β-unsaturated/α-hetero) is 1. The second kappa shape index (κ2) is 8.33. The predicted octanol–water partition coefficient (Wildman–Crippen LogP) is 3.79. The van der Waals surface area contributed by atoms with Crippen molar-refractivity contribution in [3.05, 3.63) is 57.3 Å². The third-order valence-corrected chi connectivity index (χ3v) is 6.19. The number of aromatic nitrogens is 2. The number of carbonyl (C=O) groups is 1. The lowest BCUT2D eigenvalue weighted by molar-refractivity contribution is -0.384. The van der Waals surface area contributed by atoms with Gasteiger partial charge in [-0.2, -0.15) is 4.98 Å². The minimum Gasteiger partial charge on any atom is -0.363 e. The van der Waals surface area contributed by atoms with Crippen molar-refractivity contribution in [1.82, 2.24) is 15.0 Å². The molecule has 10 heteroatoms. The van der Waals surface area contributed by atoms with E-state index in [0.29, 0.717) is 49.1 Å². The zero-order chi connectivity index (χ0) is 21.3. The van der Waals surface area contributed by atoms with Crippen molar-refractivity contribution < 1.29 is 14.2 Å². The van der Waals surface area contributed by atoms with Crippen LogP contribution in [0.25, 0.3) is 10.7 Å². The van der Waals surface area contributed by atoms with Crippen LogP contribution in [0.4, 0.5) is 11.4 Å². The van der Waals surface area contributed by atoms with Crippen molar-refractivity contribution in [2.45, 2.75) is 19.9 Å². The predicted molar refractivity (Wildman–Crippen MR) is 113 cm³/mol. The summed E-state index contributed by atoms with van der Waals surface area (Å²) in [4.78, 5) is 32.4. The molecular formula is C20H21N5O4S. The minimum atomic E-state index is -0.429. The van der Waals surface area contributed by atoms with Crippen LogP contribution in [0.5, 0.6) is 0 Å². The average Bonchev–Trinajstić information content (AvgIpc) is 3.44. The van der Waals surface area contributed by atoms with E-state index in [9.17, 15) is 14.9 Å². The molecule has 0 bridgehead atoms. The van der Waals surface area contributed by atoms with Crippen molar-refractivity contribution in [2.24, 2.45) is 0 Å². The van der Waals surface area contributed by atoms with E-state index in [1.807, 2.05) is 29.3 Å². The lowest BCUT2D eigenvalue weighted by atomic mass is 10.1. The quantitative estimate of drug-likeness (QED) is 0.332. The van der Waals surface area contributed by atoms with E-state index in [4.69, 9.17) is 4.52 Å². The number of rotatable bonds is 6. The molecule has 2 aromatic heterocycles. The van der Waals surface area contributed by atoms with E-state index in [0.717, 1.165) is 4.88 Å². The third kappa shape index (κ3) is 3.96. The zero-order valence-electron chi connectivity index (χ0n) is 16.6. The van der Waals surface area contributed by atoms with Crippen LogP contribution < -0.4 is 4.90 Å². The number of nitro benzene ring substituents is 1. The Bertz CT molecular complexity index is 1060. The highest BCUT2D eigenvalue weighted by Gasteiger charge is 2.29. The van der Waals surface area contributed by atoms with Crippen LogP contribution in [0.1, 0.15) is 36.1 Å². The molecule has 4 rings (SSSR count). The monoisotopic (exact) mass is 427 g/mol. The first-order chi connectivity index (χ1) is 14.4. The number of thiophene rings is 1. The van der Waals surface area contributed by atoms with Gasteiger partial charge in [0.05, 0.1) is 15.8 Å². The number of carbonyl (C=O) groups excluding carboxylic acids is 1. The molecular weight excluding hydrogens is 406 g/mol. The number of hydrogen-bond acceptors (Lipinski definition) is 9. The van der Waals surface area contributed by atoms with Crippen LogP contribution in [-0.4, -0.2) is 51.9 Å². The summed E-state index contributed by atoms with van der Waals surface area (Å²) in [5.74, 6) is 0.958. The van der Waals surface area contributed by atoms with Gasteiger partial charge in [0.1, 0.15) is 5.69 Å². The average molecular weight is 427 g/mol. The van der Waals surface area contributed by atoms with Gasteiger partial charge in [0.15, 0.2) is 5.78 Å². The Labute approximate surface area is 177 Å². The number of nitro groups is 1. The van der Waals surface area contributed by atoms with Crippen LogP contribution in [-0.2, 0) is 0 Å². The Morgan fingerprint density at radius 3 is 2.67 bits per heavy atom. The van der Waals surface area contributed by atoms with Crippen molar-refractivity contribution in [3.8, 4) is 10.7 Å². The lowest BCUT2D eigenvalue weighted by Crippen LogP contribution is -2.47. The molecule has 1 fully saturated rings. The summed E-state index contributed by atoms with van der Waals surface area (Å²) in [5.41, 5.74) is 0.840. The van der Waals surface area contributed by atoms with Crippen molar-refractivity contribution in [2.75, 3.05) is 31.1 Å². The van der Waals surface area contributed by atoms with E-state index in [1.54, 1.807) is 23.5 Å². The van der Waals surface area contributed by atoms with Gasteiger partial charge in [0, 0.05) is 37.8 Å². The molecule has 1 saturated heterocycles. The fourth-order valence-corrected chi connectivity index (χ4v) is 4.22. The highest BCUT2D eigenvalue weighted by Crippen LogP contribution is 2.32. The normalized spacial score (nSPS) is 15.9. The SMILES string of the molecule is CC(=O)c1ccc(N2CCN(C(C)c3nc(-c4cccs4)no3)CC2)c([N+](=O)[O-])c1. The molecule has 0 aliphatic carbocycles. The number of ketones is 1. The summed E-state index contributed by atoms with van der Waals surface area (Å²) in [5, 5.41) is 17.6. The molecule has 0 radical (unpaired) electrons. The molecule has 1 aliphatic heterocycles. The summed E-state index contributed by atoms with van der Waals surface area (Å²) in [7, 11) is 0. The van der Waals surface area contributed by atoms with E-state index in [-0.39, 0.29) is 17.5 Å². The summed E-state index contributed by atoms with van der Waals surface area (Å²) < 4.78 is 5.47. The zero-order valence-corrected chi connectivity index (χ0v) is 17.5. The molecule has 9 nitrogen and oxygen atoms in total. The van der Waals surface area contributed by atoms with Crippen molar-refractivity contribution >= 4 is 28.5 Å². The molecule has 3 aromatic rings. The molecule has 0 spiro atoms.